The molecule has 0 bridgehead atoms. The number of carbonyl (C=O) groups excluding carboxylic acids is 2. The molecule has 1 aliphatic rings. The van der Waals surface area contributed by atoms with Crippen LogP contribution < -0.4 is 5.32 Å². The van der Waals surface area contributed by atoms with E-state index < -0.39 is 5.60 Å². The second kappa shape index (κ2) is 10.0. The number of nitrogens with zero attached hydrogens (tertiary/aromatic N) is 2. The van der Waals surface area contributed by atoms with Crippen molar-refractivity contribution in [3.63, 3.8) is 0 Å². The van der Waals surface area contributed by atoms with Crippen molar-refractivity contribution >= 4 is 12.0 Å². The first-order valence-corrected chi connectivity index (χ1v) is 10.8. The highest BCUT2D eigenvalue weighted by Gasteiger charge is 2.28. The third kappa shape index (κ3) is 6.10. The van der Waals surface area contributed by atoms with Gasteiger partial charge in [-0.25, -0.2) is 4.79 Å². The lowest BCUT2D eigenvalue weighted by Crippen LogP contribution is -2.42. The highest BCUT2D eigenvalue weighted by molar-refractivity contribution is 5.92. The number of benzene rings is 1. The molecule has 168 valence electrons. The molecule has 1 saturated heterocycles. The van der Waals surface area contributed by atoms with Gasteiger partial charge in [-0.3, -0.25) is 4.79 Å². The molecule has 1 fully saturated rings. The summed E-state index contributed by atoms with van der Waals surface area (Å²) >= 11 is 0. The van der Waals surface area contributed by atoms with Gasteiger partial charge in [0.1, 0.15) is 11.3 Å². The lowest BCUT2D eigenvalue weighted by Gasteiger charge is -2.34. The Morgan fingerprint density at radius 1 is 1.06 bits per heavy atom. The summed E-state index contributed by atoms with van der Waals surface area (Å²) in [6.07, 6.45) is 3.24. The predicted octanol–water partition coefficient (Wildman–Crippen LogP) is 4.14. The van der Waals surface area contributed by atoms with Crippen LogP contribution in [0.2, 0.25) is 0 Å². The van der Waals surface area contributed by atoms with Gasteiger partial charge in [-0.05, 0) is 56.9 Å². The minimum absolute atomic E-state index is 0.105. The highest BCUT2D eigenvalue weighted by atomic mass is 16.6. The average molecular weight is 428 g/mol. The molecule has 3 rings (SSSR count). The quantitative estimate of drug-likeness (QED) is 0.752. The van der Waals surface area contributed by atoms with E-state index in [9.17, 15) is 9.59 Å². The smallest absolute Gasteiger partial charge is 0.410 e. The normalized spacial score (nSPS) is 15.0. The van der Waals surface area contributed by atoms with Gasteiger partial charge in [0.25, 0.3) is 5.91 Å². The maximum atomic E-state index is 12.9. The van der Waals surface area contributed by atoms with E-state index in [1.807, 2.05) is 67.9 Å². The minimum atomic E-state index is -0.499. The second-order valence-corrected chi connectivity index (χ2v) is 8.88. The summed E-state index contributed by atoms with van der Waals surface area (Å²) in [6.45, 7) is 7.80. The highest BCUT2D eigenvalue weighted by Crippen LogP contribution is 2.26. The number of hydrogen-bond donors (Lipinski definition) is 1. The molecular weight excluding hydrogens is 394 g/mol. The molecule has 0 unspecified atom stereocenters. The van der Waals surface area contributed by atoms with Crippen molar-refractivity contribution in [2.24, 2.45) is 0 Å². The summed E-state index contributed by atoms with van der Waals surface area (Å²) in [5.74, 6) is -0.105. The van der Waals surface area contributed by atoms with Crippen LogP contribution in [-0.2, 0) is 22.6 Å². The SMILES string of the molecule is COCc1ccccc1CNC(=O)c1cccn1C1CCN(C(=O)OC(C)(C)C)CC1. The molecule has 1 aliphatic heterocycles. The van der Waals surface area contributed by atoms with Crippen molar-refractivity contribution in [3.8, 4) is 0 Å². The van der Waals surface area contributed by atoms with Crippen LogP contribution in [0.3, 0.4) is 0 Å². The molecule has 1 aromatic carbocycles. The van der Waals surface area contributed by atoms with Crippen LogP contribution in [0.5, 0.6) is 0 Å². The van der Waals surface area contributed by atoms with Gasteiger partial charge in [-0.2, -0.15) is 0 Å². The van der Waals surface area contributed by atoms with Crippen molar-refractivity contribution in [1.29, 1.82) is 0 Å². The van der Waals surface area contributed by atoms with E-state index in [-0.39, 0.29) is 18.0 Å². The van der Waals surface area contributed by atoms with E-state index in [4.69, 9.17) is 9.47 Å². The van der Waals surface area contributed by atoms with E-state index in [0.717, 1.165) is 24.0 Å². The predicted molar refractivity (Wildman–Crippen MR) is 119 cm³/mol. The fraction of sp³-hybridized carbons (Fsp3) is 0.500. The second-order valence-electron chi connectivity index (χ2n) is 8.88. The number of nitrogens with one attached hydrogen (secondary N) is 1. The Morgan fingerprint density at radius 2 is 1.74 bits per heavy atom. The Morgan fingerprint density at radius 3 is 2.39 bits per heavy atom. The van der Waals surface area contributed by atoms with E-state index in [1.165, 1.54) is 0 Å². The molecule has 31 heavy (non-hydrogen) atoms. The third-order valence-electron chi connectivity index (χ3n) is 5.38. The maximum Gasteiger partial charge on any atom is 0.410 e. The Balaban J connectivity index is 1.59. The summed E-state index contributed by atoms with van der Waals surface area (Å²) in [5.41, 5.74) is 2.25. The summed E-state index contributed by atoms with van der Waals surface area (Å²) in [6, 6.07) is 11.8. The van der Waals surface area contributed by atoms with Gasteiger partial charge in [0.15, 0.2) is 0 Å². The van der Waals surface area contributed by atoms with Crippen LogP contribution in [0, 0.1) is 0 Å². The standard InChI is InChI=1S/C24H33N3O4/c1-24(2,3)31-23(29)26-14-11-20(12-15-26)27-13-7-10-21(27)22(28)25-16-18-8-5-6-9-19(18)17-30-4/h5-10,13,20H,11-12,14-17H2,1-4H3,(H,25,28). The largest absolute Gasteiger partial charge is 0.444 e. The molecule has 0 atom stereocenters. The molecule has 0 spiro atoms. The molecular formula is C24H33N3O4. The van der Waals surface area contributed by atoms with Crippen LogP contribution in [0.4, 0.5) is 4.79 Å². The van der Waals surface area contributed by atoms with Gasteiger partial charge in [-0.1, -0.05) is 24.3 Å². The zero-order valence-electron chi connectivity index (χ0n) is 18.9. The molecule has 2 amide bonds. The lowest BCUT2D eigenvalue weighted by molar-refractivity contribution is 0.0187. The van der Waals surface area contributed by atoms with Crippen molar-refractivity contribution in [2.75, 3.05) is 20.2 Å². The van der Waals surface area contributed by atoms with Crippen LogP contribution in [0.1, 0.15) is 61.3 Å². The van der Waals surface area contributed by atoms with Crippen molar-refractivity contribution in [1.82, 2.24) is 14.8 Å². The molecule has 2 heterocycles. The van der Waals surface area contributed by atoms with Crippen LogP contribution >= 0.6 is 0 Å². The Hall–Kier alpha value is -2.80. The summed E-state index contributed by atoms with van der Waals surface area (Å²) in [7, 11) is 1.66. The fourth-order valence-electron chi connectivity index (χ4n) is 3.85. The topological polar surface area (TPSA) is 72.8 Å². The van der Waals surface area contributed by atoms with Gasteiger partial charge >= 0.3 is 6.09 Å². The zero-order valence-corrected chi connectivity index (χ0v) is 18.9. The first-order chi connectivity index (χ1) is 14.8. The number of ether oxygens (including phenoxy) is 2. The van der Waals surface area contributed by atoms with Gasteiger partial charge in [-0.15, -0.1) is 0 Å². The average Bonchev–Trinajstić information content (AvgIpc) is 3.22. The minimum Gasteiger partial charge on any atom is -0.444 e. The number of aromatic nitrogens is 1. The summed E-state index contributed by atoms with van der Waals surface area (Å²) < 4.78 is 12.7. The van der Waals surface area contributed by atoms with Gasteiger partial charge in [0, 0.05) is 39.0 Å². The summed E-state index contributed by atoms with van der Waals surface area (Å²) in [5, 5.41) is 3.03. The number of piperidine rings is 1. The maximum absolute atomic E-state index is 12.9. The van der Waals surface area contributed by atoms with E-state index >= 15 is 0 Å². The summed E-state index contributed by atoms with van der Waals surface area (Å²) in [4.78, 5) is 26.9. The van der Waals surface area contributed by atoms with Crippen molar-refractivity contribution in [2.45, 2.75) is 58.4 Å². The van der Waals surface area contributed by atoms with E-state index in [2.05, 4.69) is 5.32 Å². The van der Waals surface area contributed by atoms with Crippen molar-refractivity contribution < 1.29 is 19.1 Å². The van der Waals surface area contributed by atoms with Gasteiger partial charge in [0.05, 0.1) is 6.61 Å². The zero-order chi connectivity index (χ0) is 22.4. The van der Waals surface area contributed by atoms with Crippen LogP contribution in [0.25, 0.3) is 0 Å². The molecule has 0 saturated carbocycles. The van der Waals surface area contributed by atoms with Crippen molar-refractivity contribution in [3.05, 3.63) is 59.4 Å². The Labute approximate surface area is 184 Å². The molecule has 7 nitrogen and oxygen atoms in total. The Bertz CT molecular complexity index is 892. The number of carbonyl (C=O) groups is 2. The number of rotatable bonds is 6. The third-order valence-corrected chi connectivity index (χ3v) is 5.38. The molecule has 0 radical (unpaired) electrons. The first kappa shape index (κ1) is 22.9. The van der Waals surface area contributed by atoms with Crippen LogP contribution in [-0.4, -0.2) is 47.3 Å². The lowest BCUT2D eigenvalue weighted by atomic mass is 10.0. The number of likely N-dealkylation sites (tertiary alicyclic amines) is 1. The first-order valence-electron chi connectivity index (χ1n) is 10.8. The van der Waals surface area contributed by atoms with Crippen LogP contribution in [0.15, 0.2) is 42.6 Å². The monoisotopic (exact) mass is 427 g/mol. The van der Waals surface area contributed by atoms with Gasteiger partial charge < -0.3 is 24.3 Å². The molecule has 1 N–H and O–H groups in total. The fourth-order valence-corrected chi connectivity index (χ4v) is 3.85. The number of hydrogen-bond acceptors (Lipinski definition) is 4. The number of amides is 2. The van der Waals surface area contributed by atoms with E-state index in [1.54, 1.807) is 12.0 Å². The molecule has 1 aromatic heterocycles. The number of methoxy groups -OCH3 is 1. The van der Waals surface area contributed by atoms with Gasteiger partial charge in [0.2, 0.25) is 0 Å². The molecule has 7 heteroatoms. The van der Waals surface area contributed by atoms with E-state index in [0.29, 0.717) is 31.9 Å². The Kier molecular flexibility index (Phi) is 7.38. The molecule has 2 aromatic rings. The molecule has 0 aliphatic carbocycles.